The highest BCUT2D eigenvalue weighted by atomic mass is 32.2. The Morgan fingerprint density at radius 1 is 1.23 bits per heavy atom. The van der Waals surface area contributed by atoms with Crippen molar-refractivity contribution >= 4 is 46.3 Å². The first-order valence-electron chi connectivity index (χ1n) is 9.29. The summed E-state index contributed by atoms with van der Waals surface area (Å²) in [6, 6.07) is 11.2. The highest BCUT2D eigenvalue weighted by molar-refractivity contribution is 8.18. The van der Waals surface area contributed by atoms with Crippen LogP contribution in [0.1, 0.15) is 18.1 Å². The van der Waals surface area contributed by atoms with E-state index in [1.807, 2.05) is 19.1 Å². The Hall–Kier alpha value is -3.66. The summed E-state index contributed by atoms with van der Waals surface area (Å²) >= 11 is 0.656. The van der Waals surface area contributed by atoms with E-state index in [1.54, 1.807) is 12.1 Å². The van der Waals surface area contributed by atoms with E-state index in [4.69, 9.17) is 4.74 Å². The van der Waals surface area contributed by atoms with E-state index >= 15 is 0 Å². The van der Waals surface area contributed by atoms with Crippen molar-refractivity contribution < 1.29 is 24.0 Å². The molecule has 0 aromatic heterocycles. The summed E-state index contributed by atoms with van der Waals surface area (Å²) in [6.07, 6.45) is 2.21. The third kappa shape index (κ3) is 5.10. The molecule has 0 saturated carbocycles. The number of methoxy groups -OCH3 is 1. The topological polar surface area (TPSA) is 119 Å². The summed E-state index contributed by atoms with van der Waals surface area (Å²) in [5.74, 6) is -0.855. The van der Waals surface area contributed by atoms with Crippen LogP contribution in [0.2, 0.25) is 0 Å². The number of nitro groups is 1. The molecule has 0 spiro atoms. The number of ether oxygens (including phenoxy) is 1. The van der Waals surface area contributed by atoms with Crippen LogP contribution in [0.3, 0.4) is 0 Å². The van der Waals surface area contributed by atoms with E-state index in [-0.39, 0.29) is 16.2 Å². The number of imide groups is 1. The lowest BCUT2D eigenvalue weighted by Gasteiger charge is -2.12. The second-order valence-corrected chi connectivity index (χ2v) is 7.54. The first-order valence-corrected chi connectivity index (χ1v) is 10.1. The van der Waals surface area contributed by atoms with Crippen molar-refractivity contribution in [3.8, 4) is 5.75 Å². The average molecular weight is 441 g/mol. The maximum atomic E-state index is 12.7. The van der Waals surface area contributed by atoms with Crippen molar-refractivity contribution in [3.63, 3.8) is 0 Å². The van der Waals surface area contributed by atoms with Crippen LogP contribution in [0.15, 0.2) is 47.4 Å². The number of carbonyl (C=O) groups excluding carboxylic acids is 3. The minimum Gasteiger partial charge on any atom is -0.496 e. The molecule has 2 aromatic rings. The second-order valence-electron chi connectivity index (χ2n) is 6.55. The molecule has 3 rings (SSSR count). The number of aryl methyl sites for hydroxylation is 1. The summed E-state index contributed by atoms with van der Waals surface area (Å²) in [6.45, 7) is 1.58. The van der Waals surface area contributed by atoms with Gasteiger partial charge < -0.3 is 10.1 Å². The van der Waals surface area contributed by atoms with Crippen molar-refractivity contribution in [3.05, 3.63) is 68.6 Å². The Kier molecular flexibility index (Phi) is 6.71. The third-order valence-electron chi connectivity index (χ3n) is 4.53. The summed E-state index contributed by atoms with van der Waals surface area (Å²) < 4.78 is 5.18. The van der Waals surface area contributed by atoms with Crippen LogP contribution >= 0.6 is 11.8 Å². The van der Waals surface area contributed by atoms with E-state index in [0.29, 0.717) is 23.2 Å². The molecular formula is C21H19N3O6S. The van der Waals surface area contributed by atoms with Crippen molar-refractivity contribution in [2.24, 2.45) is 0 Å². The Morgan fingerprint density at radius 3 is 2.55 bits per heavy atom. The van der Waals surface area contributed by atoms with E-state index in [2.05, 4.69) is 5.32 Å². The van der Waals surface area contributed by atoms with Gasteiger partial charge in [0, 0.05) is 23.4 Å². The lowest BCUT2D eigenvalue weighted by molar-refractivity contribution is -0.384. The molecule has 0 unspecified atom stereocenters. The zero-order valence-corrected chi connectivity index (χ0v) is 17.6. The molecule has 3 amide bonds. The van der Waals surface area contributed by atoms with Crippen LogP contribution in [0.4, 0.5) is 16.2 Å². The van der Waals surface area contributed by atoms with Crippen LogP contribution < -0.4 is 10.1 Å². The molecule has 0 aliphatic carbocycles. The van der Waals surface area contributed by atoms with Gasteiger partial charge >= 0.3 is 0 Å². The van der Waals surface area contributed by atoms with Gasteiger partial charge in [-0.25, -0.2) is 0 Å². The normalized spacial score (nSPS) is 14.8. The number of benzene rings is 2. The molecule has 0 radical (unpaired) electrons. The molecule has 1 saturated heterocycles. The number of anilines is 1. The monoisotopic (exact) mass is 441 g/mol. The minimum atomic E-state index is -0.653. The Bertz CT molecular complexity index is 1080. The van der Waals surface area contributed by atoms with Crippen LogP contribution in [0, 0.1) is 10.1 Å². The quantitative estimate of drug-likeness (QED) is 0.394. The summed E-state index contributed by atoms with van der Waals surface area (Å²) in [5.41, 5.74) is 1.78. The molecule has 10 heteroatoms. The summed E-state index contributed by atoms with van der Waals surface area (Å²) in [7, 11) is 1.39. The Balaban J connectivity index is 1.75. The number of hydrogen-bond donors (Lipinski definition) is 1. The molecule has 2 aromatic carbocycles. The largest absolute Gasteiger partial charge is 0.496 e. The van der Waals surface area contributed by atoms with Gasteiger partial charge in [0.2, 0.25) is 5.91 Å². The van der Waals surface area contributed by atoms with Crippen LogP contribution in [0.25, 0.3) is 6.08 Å². The molecule has 1 fully saturated rings. The zero-order valence-electron chi connectivity index (χ0n) is 16.8. The van der Waals surface area contributed by atoms with Crippen LogP contribution in [0.5, 0.6) is 5.75 Å². The SMILES string of the molecule is CCc1ccc(NC(=O)CN2C(=O)S/C(=C/c3cc([N+](=O)[O-])ccc3OC)C2=O)cc1. The van der Waals surface area contributed by atoms with Gasteiger partial charge in [-0.3, -0.25) is 29.4 Å². The fourth-order valence-corrected chi connectivity index (χ4v) is 3.72. The van der Waals surface area contributed by atoms with E-state index in [9.17, 15) is 24.5 Å². The highest BCUT2D eigenvalue weighted by Gasteiger charge is 2.36. The molecule has 9 nitrogen and oxygen atoms in total. The number of amides is 3. The lowest BCUT2D eigenvalue weighted by atomic mass is 10.1. The second kappa shape index (κ2) is 9.43. The molecule has 31 heavy (non-hydrogen) atoms. The Labute approximate surface area is 182 Å². The standard InChI is InChI=1S/C21H19N3O6S/c1-3-13-4-6-15(7-5-13)22-19(25)12-23-20(26)18(31-21(23)27)11-14-10-16(24(28)29)8-9-17(14)30-2/h4-11H,3,12H2,1-2H3,(H,22,25)/b18-11+. The lowest BCUT2D eigenvalue weighted by Crippen LogP contribution is -2.36. The summed E-state index contributed by atoms with van der Waals surface area (Å²) in [4.78, 5) is 48.6. The van der Waals surface area contributed by atoms with Crippen LogP contribution in [-0.4, -0.2) is 40.5 Å². The molecule has 0 atom stereocenters. The molecular weight excluding hydrogens is 422 g/mol. The fraction of sp³-hybridized carbons (Fsp3) is 0.190. The number of nitrogens with one attached hydrogen (secondary N) is 1. The van der Waals surface area contributed by atoms with Crippen molar-refractivity contribution in [2.45, 2.75) is 13.3 Å². The number of nitrogens with zero attached hydrogens (tertiary/aromatic N) is 2. The van der Waals surface area contributed by atoms with Gasteiger partial charge in [0.1, 0.15) is 12.3 Å². The van der Waals surface area contributed by atoms with Gasteiger partial charge in [-0.15, -0.1) is 0 Å². The number of nitro benzene ring substituents is 1. The molecule has 1 N–H and O–H groups in total. The molecule has 0 bridgehead atoms. The van der Waals surface area contributed by atoms with E-state index < -0.39 is 28.5 Å². The van der Waals surface area contributed by atoms with Crippen molar-refractivity contribution in [2.75, 3.05) is 19.0 Å². The van der Waals surface area contributed by atoms with Crippen molar-refractivity contribution in [1.82, 2.24) is 4.90 Å². The zero-order chi connectivity index (χ0) is 22.5. The minimum absolute atomic E-state index is 0.0453. The van der Waals surface area contributed by atoms with E-state index in [0.717, 1.165) is 16.9 Å². The molecule has 1 aliphatic heterocycles. The van der Waals surface area contributed by atoms with Gasteiger partial charge in [0.25, 0.3) is 16.8 Å². The third-order valence-corrected chi connectivity index (χ3v) is 5.44. The molecule has 1 heterocycles. The maximum Gasteiger partial charge on any atom is 0.294 e. The molecule has 1 aliphatic rings. The van der Waals surface area contributed by atoms with E-state index in [1.165, 1.54) is 31.4 Å². The van der Waals surface area contributed by atoms with Gasteiger partial charge in [-0.2, -0.15) is 0 Å². The number of rotatable bonds is 7. The summed E-state index contributed by atoms with van der Waals surface area (Å²) in [5, 5.41) is 13.1. The first kappa shape index (κ1) is 22.0. The van der Waals surface area contributed by atoms with Gasteiger partial charge in [-0.05, 0) is 48.0 Å². The maximum absolute atomic E-state index is 12.7. The number of thioether (sulfide) groups is 1. The average Bonchev–Trinajstić information content (AvgIpc) is 3.01. The number of hydrogen-bond acceptors (Lipinski definition) is 7. The van der Waals surface area contributed by atoms with Gasteiger partial charge in [0.15, 0.2) is 0 Å². The predicted octanol–water partition coefficient (Wildman–Crippen LogP) is 3.84. The van der Waals surface area contributed by atoms with Gasteiger partial charge in [-0.1, -0.05) is 19.1 Å². The number of carbonyl (C=O) groups is 3. The highest BCUT2D eigenvalue weighted by Crippen LogP contribution is 2.35. The Morgan fingerprint density at radius 2 is 1.94 bits per heavy atom. The molecule has 160 valence electrons. The smallest absolute Gasteiger partial charge is 0.294 e. The fourth-order valence-electron chi connectivity index (χ4n) is 2.89. The first-order chi connectivity index (χ1) is 14.8. The van der Waals surface area contributed by atoms with Crippen LogP contribution in [-0.2, 0) is 16.0 Å². The number of non-ortho nitro benzene ring substituents is 1. The van der Waals surface area contributed by atoms with Crippen molar-refractivity contribution in [1.29, 1.82) is 0 Å². The van der Waals surface area contributed by atoms with Gasteiger partial charge in [0.05, 0.1) is 16.9 Å². The predicted molar refractivity (Wildman–Crippen MR) is 117 cm³/mol.